The van der Waals surface area contributed by atoms with Crippen LogP contribution < -0.4 is 4.74 Å². The smallest absolute Gasteiger partial charge is 0.494 e. The summed E-state index contributed by atoms with van der Waals surface area (Å²) in [6, 6.07) is 7.60. The lowest BCUT2D eigenvalue weighted by atomic mass is 9.78. The fraction of sp³-hybridized carbons (Fsp3) is 0.588. The normalized spacial score (nSPS) is 24.6. The van der Waals surface area contributed by atoms with Gasteiger partial charge in [0.05, 0.1) is 19.3 Å². The van der Waals surface area contributed by atoms with Gasteiger partial charge >= 0.3 is 6.16 Å². The lowest BCUT2D eigenvalue weighted by molar-refractivity contribution is -0.0508. The lowest BCUT2D eigenvalue weighted by Crippen LogP contribution is -2.35. The van der Waals surface area contributed by atoms with Gasteiger partial charge in [-0.2, -0.15) is 0 Å². The van der Waals surface area contributed by atoms with Crippen LogP contribution in [0.2, 0.25) is 0 Å². The molecule has 22 heavy (non-hydrogen) atoms. The zero-order valence-corrected chi connectivity index (χ0v) is 13.2. The van der Waals surface area contributed by atoms with Gasteiger partial charge in [0.25, 0.3) is 0 Å². The molecule has 1 aromatic carbocycles. The van der Waals surface area contributed by atoms with Gasteiger partial charge in [-0.1, -0.05) is 19.1 Å². The number of hydrogen-bond acceptors (Lipinski definition) is 5. The fourth-order valence-corrected chi connectivity index (χ4v) is 2.74. The Morgan fingerprint density at radius 3 is 2.45 bits per heavy atom. The van der Waals surface area contributed by atoms with E-state index in [1.807, 2.05) is 24.3 Å². The van der Waals surface area contributed by atoms with Crippen LogP contribution >= 0.6 is 0 Å². The zero-order valence-electron chi connectivity index (χ0n) is 13.2. The molecule has 2 rings (SSSR count). The van der Waals surface area contributed by atoms with Crippen molar-refractivity contribution in [2.75, 3.05) is 13.7 Å². The van der Waals surface area contributed by atoms with E-state index in [1.54, 1.807) is 0 Å². The molecule has 0 heterocycles. The lowest BCUT2D eigenvalue weighted by Gasteiger charge is -2.35. The Hall–Kier alpha value is -1.75. The van der Waals surface area contributed by atoms with E-state index >= 15 is 0 Å². The van der Waals surface area contributed by atoms with Crippen molar-refractivity contribution >= 4 is 6.16 Å². The highest BCUT2D eigenvalue weighted by molar-refractivity contribution is 5.59. The Balaban J connectivity index is 1.93. The Morgan fingerprint density at radius 1 is 1.27 bits per heavy atom. The van der Waals surface area contributed by atoms with Gasteiger partial charge in [-0.3, -0.25) is 0 Å². The van der Waals surface area contributed by atoms with Crippen LogP contribution in [0.15, 0.2) is 24.3 Å². The van der Waals surface area contributed by atoms with Crippen LogP contribution in [0.1, 0.15) is 44.6 Å². The Morgan fingerprint density at radius 2 is 1.91 bits per heavy atom. The molecule has 1 saturated carbocycles. The SMILES string of the molecule is CCCOc1ccc(C2(O)CCC(OC(=O)OC)CC2)cc1. The number of carbonyl (C=O) groups excluding carboxylic acids is 1. The number of aliphatic hydroxyl groups is 1. The third-order valence-electron chi connectivity index (χ3n) is 4.05. The van der Waals surface area contributed by atoms with Crippen molar-refractivity contribution in [1.29, 1.82) is 0 Å². The van der Waals surface area contributed by atoms with Crippen LogP contribution in [0.5, 0.6) is 5.75 Å². The maximum Gasteiger partial charge on any atom is 0.508 e. The summed E-state index contributed by atoms with van der Waals surface area (Å²) in [7, 11) is 1.30. The van der Waals surface area contributed by atoms with Gasteiger partial charge < -0.3 is 19.3 Å². The van der Waals surface area contributed by atoms with E-state index in [0.29, 0.717) is 32.3 Å². The molecule has 1 aliphatic carbocycles. The standard InChI is InChI=1S/C17H24O5/c1-3-12-21-14-6-4-13(5-7-14)17(19)10-8-15(9-11-17)22-16(18)20-2/h4-7,15,19H,3,8-12H2,1-2H3. The van der Waals surface area contributed by atoms with Gasteiger partial charge in [-0.25, -0.2) is 4.79 Å². The molecule has 0 aliphatic heterocycles. The minimum Gasteiger partial charge on any atom is -0.494 e. The van der Waals surface area contributed by atoms with Gasteiger partial charge in [0.15, 0.2) is 0 Å². The van der Waals surface area contributed by atoms with Crippen LogP contribution in [0, 0.1) is 0 Å². The number of rotatable bonds is 5. The molecule has 1 fully saturated rings. The van der Waals surface area contributed by atoms with Crippen molar-refractivity contribution in [2.24, 2.45) is 0 Å². The van der Waals surface area contributed by atoms with Crippen molar-refractivity contribution in [3.8, 4) is 5.75 Å². The Bertz CT molecular complexity index is 474. The molecule has 0 bridgehead atoms. The van der Waals surface area contributed by atoms with Crippen molar-refractivity contribution in [3.05, 3.63) is 29.8 Å². The number of carbonyl (C=O) groups is 1. The summed E-state index contributed by atoms with van der Waals surface area (Å²) in [5.41, 5.74) is 0.0204. The fourth-order valence-electron chi connectivity index (χ4n) is 2.74. The van der Waals surface area contributed by atoms with E-state index in [-0.39, 0.29) is 6.10 Å². The van der Waals surface area contributed by atoms with E-state index in [4.69, 9.17) is 9.47 Å². The first-order valence-corrected chi connectivity index (χ1v) is 7.77. The van der Waals surface area contributed by atoms with Gasteiger partial charge in [0.2, 0.25) is 0 Å². The number of hydrogen-bond donors (Lipinski definition) is 1. The molecule has 0 spiro atoms. The molecule has 1 aliphatic rings. The highest BCUT2D eigenvalue weighted by Gasteiger charge is 2.36. The molecule has 5 heteroatoms. The van der Waals surface area contributed by atoms with Gasteiger partial charge in [-0.05, 0) is 49.8 Å². The summed E-state index contributed by atoms with van der Waals surface area (Å²) in [5.74, 6) is 0.817. The summed E-state index contributed by atoms with van der Waals surface area (Å²) in [6.45, 7) is 2.75. The molecule has 0 radical (unpaired) electrons. The summed E-state index contributed by atoms with van der Waals surface area (Å²) >= 11 is 0. The highest BCUT2D eigenvalue weighted by atomic mass is 16.7. The molecule has 0 unspecified atom stereocenters. The molecule has 0 aromatic heterocycles. The number of ether oxygens (including phenoxy) is 3. The summed E-state index contributed by atoms with van der Waals surface area (Å²) < 4.78 is 15.2. The Labute approximate surface area is 131 Å². The minimum absolute atomic E-state index is 0.181. The number of benzene rings is 1. The predicted molar refractivity (Wildman–Crippen MR) is 81.9 cm³/mol. The molecular weight excluding hydrogens is 284 g/mol. The van der Waals surface area contributed by atoms with Crippen LogP contribution in [-0.2, 0) is 15.1 Å². The van der Waals surface area contributed by atoms with Crippen LogP contribution in [0.25, 0.3) is 0 Å². The third-order valence-corrected chi connectivity index (χ3v) is 4.05. The van der Waals surface area contributed by atoms with Gasteiger partial charge in [0.1, 0.15) is 11.9 Å². The molecule has 1 N–H and O–H groups in total. The minimum atomic E-state index is -0.862. The molecule has 0 atom stereocenters. The first-order chi connectivity index (χ1) is 10.6. The first kappa shape index (κ1) is 16.6. The maximum absolute atomic E-state index is 11.1. The van der Waals surface area contributed by atoms with Crippen molar-refractivity contribution < 1.29 is 24.1 Å². The maximum atomic E-state index is 11.1. The first-order valence-electron chi connectivity index (χ1n) is 7.77. The predicted octanol–water partition coefficient (Wildman–Crippen LogP) is 3.39. The molecule has 122 valence electrons. The van der Waals surface area contributed by atoms with Crippen molar-refractivity contribution in [2.45, 2.75) is 50.7 Å². The second-order valence-corrected chi connectivity index (χ2v) is 5.68. The third kappa shape index (κ3) is 4.13. The summed E-state index contributed by atoms with van der Waals surface area (Å²) in [5, 5.41) is 10.8. The van der Waals surface area contributed by atoms with Crippen molar-refractivity contribution in [3.63, 3.8) is 0 Å². The molecule has 1 aromatic rings. The van der Waals surface area contributed by atoms with E-state index in [0.717, 1.165) is 17.7 Å². The van der Waals surface area contributed by atoms with Gasteiger partial charge in [-0.15, -0.1) is 0 Å². The zero-order chi connectivity index (χ0) is 16.0. The van der Waals surface area contributed by atoms with Crippen LogP contribution in [0.3, 0.4) is 0 Å². The van der Waals surface area contributed by atoms with E-state index < -0.39 is 11.8 Å². The van der Waals surface area contributed by atoms with E-state index in [9.17, 15) is 9.90 Å². The summed E-state index contributed by atoms with van der Waals surface area (Å²) in [4.78, 5) is 11.1. The van der Waals surface area contributed by atoms with Gasteiger partial charge in [0, 0.05) is 0 Å². The van der Waals surface area contributed by atoms with E-state index in [2.05, 4.69) is 11.7 Å². The monoisotopic (exact) mass is 308 g/mol. The summed E-state index contributed by atoms with van der Waals surface area (Å²) in [6.07, 6.45) is 2.49. The van der Waals surface area contributed by atoms with Crippen LogP contribution in [0.4, 0.5) is 4.79 Å². The highest BCUT2D eigenvalue weighted by Crippen LogP contribution is 2.38. The van der Waals surface area contributed by atoms with Crippen LogP contribution in [-0.4, -0.2) is 31.1 Å². The average Bonchev–Trinajstić information content (AvgIpc) is 2.55. The molecule has 0 amide bonds. The van der Waals surface area contributed by atoms with E-state index in [1.165, 1.54) is 7.11 Å². The quantitative estimate of drug-likeness (QED) is 0.845. The second kappa shape index (κ2) is 7.49. The second-order valence-electron chi connectivity index (χ2n) is 5.68. The molecular formula is C17H24O5. The Kier molecular flexibility index (Phi) is 5.66. The topological polar surface area (TPSA) is 65.0 Å². The number of methoxy groups -OCH3 is 1. The van der Waals surface area contributed by atoms with Crippen molar-refractivity contribution in [1.82, 2.24) is 0 Å². The average molecular weight is 308 g/mol. The largest absolute Gasteiger partial charge is 0.508 e. The molecule has 0 saturated heterocycles. The molecule has 5 nitrogen and oxygen atoms in total.